The average molecular weight is 578 g/mol. The Bertz CT molecular complexity index is 1100. The molecule has 1 aliphatic carbocycles. The van der Waals surface area contributed by atoms with Crippen LogP contribution in [0.15, 0.2) is 12.7 Å². The predicted octanol–water partition coefficient (Wildman–Crippen LogP) is 6.08. The summed E-state index contributed by atoms with van der Waals surface area (Å²) in [5.41, 5.74) is 6.91. The Kier molecular flexibility index (Phi) is 15.0. The van der Waals surface area contributed by atoms with Crippen molar-refractivity contribution in [3.8, 4) is 11.8 Å². The number of nitrogen functional groups attached to an aromatic ring is 1. The lowest BCUT2D eigenvalue weighted by atomic mass is 9.86. The van der Waals surface area contributed by atoms with E-state index in [0.29, 0.717) is 36.1 Å². The summed E-state index contributed by atoms with van der Waals surface area (Å²) in [6, 6.07) is 0. The van der Waals surface area contributed by atoms with E-state index in [1.165, 1.54) is 77.0 Å². The highest BCUT2D eigenvalue weighted by Gasteiger charge is 2.22. The largest absolute Gasteiger partial charge is 0.382 e. The van der Waals surface area contributed by atoms with Gasteiger partial charge < -0.3 is 29.2 Å². The summed E-state index contributed by atoms with van der Waals surface area (Å²) in [5.74, 6) is 7.77. The number of hydrogen-bond acceptors (Lipinski definition) is 8. The van der Waals surface area contributed by atoms with E-state index in [0.717, 1.165) is 19.3 Å². The van der Waals surface area contributed by atoms with Crippen LogP contribution in [-0.4, -0.2) is 56.7 Å². The Balaban J connectivity index is 1.08. The van der Waals surface area contributed by atoms with Gasteiger partial charge in [0.2, 0.25) is 0 Å². The second-order valence-electron chi connectivity index (χ2n) is 10.8. The Hall–Kier alpha value is -2.02. The van der Waals surface area contributed by atoms with E-state index < -0.39 is 13.9 Å². The molecule has 2 aromatic rings. The molecular weight excluding hydrogens is 529 g/mol. The van der Waals surface area contributed by atoms with Crippen LogP contribution in [0.1, 0.15) is 96.8 Å². The number of ether oxygens (including phenoxy) is 2. The van der Waals surface area contributed by atoms with Gasteiger partial charge >= 0.3 is 7.60 Å². The lowest BCUT2D eigenvalue weighted by Crippen LogP contribution is -2.18. The Morgan fingerprint density at radius 2 is 1.73 bits per heavy atom. The molecule has 1 aliphatic rings. The van der Waals surface area contributed by atoms with Gasteiger partial charge in [-0.3, -0.25) is 4.57 Å². The van der Waals surface area contributed by atoms with Crippen LogP contribution in [0.3, 0.4) is 0 Å². The summed E-state index contributed by atoms with van der Waals surface area (Å²) in [5, 5.41) is 0. The van der Waals surface area contributed by atoms with Crippen molar-refractivity contribution in [2.24, 2.45) is 5.92 Å². The van der Waals surface area contributed by atoms with Crippen LogP contribution < -0.4 is 5.73 Å². The molecule has 224 valence electrons. The number of anilines is 1. The Morgan fingerprint density at radius 1 is 1.02 bits per heavy atom. The molecule has 1 fully saturated rings. The van der Waals surface area contributed by atoms with Crippen molar-refractivity contribution in [2.45, 2.75) is 109 Å². The molecule has 1 saturated carbocycles. The Labute approximate surface area is 239 Å². The van der Waals surface area contributed by atoms with Crippen LogP contribution in [0.4, 0.5) is 5.82 Å². The van der Waals surface area contributed by atoms with Gasteiger partial charge in [0.15, 0.2) is 11.5 Å². The number of unbranched alkanes of at least 4 members (excludes halogenated alkanes) is 10. The first-order valence-corrected chi connectivity index (χ1v) is 16.8. The van der Waals surface area contributed by atoms with Gasteiger partial charge in [0.25, 0.3) is 0 Å². The van der Waals surface area contributed by atoms with Crippen molar-refractivity contribution in [3.05, 3.63) is 12.7 Å². The number of rotatable bonds is 21. The highest BCUT2D eigenvalue weighted by atomic mass is 31.2. The van der Waals surface area contributed by atoms with Gasteiger partial charge in [-0.1, -0.05) is 63.7 Å². The summed E-state index contributed by atoms with van der Waals surface area (Å²) in [4.78, 5) is 22.4. The van der Waals surface area contributed by atoms with E-state index in [2.05, 4.69) is 26.8 Å². The quantitative estimate of drug-likeness (QED) is 0.103. The molecule has 0 aromatic carbocycles. The molecule has 11 heteroatoms. The fourth-order valence-electron chi connectivity index (χ4n) is 4.56. The van der Waals surface area contributed by atoms with Gasteiger partial charge in [-0.05, 0) is 32.6 Å². The van der Waals surface area contributed by atoms with Crippen molar-refractivity contribution >= 4 is 24.6 Å². The van der Waals surface area contributed by atoms with Gasteiger partial charge in [0.05, 0.1) is 32.2 Å². The number of fused-ring (bicyclic) bond motifs is 1. The zero-order chi connectivity index (χ0) is 28.5. The third-order valence-corrected chi connectivity index (χ3v) is 8.24. The minimum atomic E-state index is -3.86. The number of imidazole rings is 1. The van der Waals surface area contributed by atoms with E-state index in [1.807, 2.05) is 0 Å². The highest BCUT2D eigenvalue weighted by Crippen LogP contribution is 2.41. The minimum absolute atomic E-state index is 0.0565. The summed E-state index contributed by atoms with van der Waals surface area (Å²) in [6.45, 7) is 3.18. The third-order valence-electron chi connectivity index (χ3n) is 7.18. The van der Waals surface area contributed by atoms with E-state index >= 15 is 0 Å². The number of hydrogen-bond donors (Lipinski definition) is 2. The maximum atomic E-state index is 12.3. The first-order valence-electron chi connectivity index (χ1n) is 15.0. The SMILES string of the molecule is C[C@H](Cn1cnc2c(N)ncnc21)OCP(=O)(O)OCCOCCCCCCCCCCCCC#CC1CCC1. The van der Waals surface area contributed by atoms with E-state index in [9.17, 15) is 9.46 Å². The molecule has 1 unspecified atom stereocenters. The minimum Gasteiger partial charge on any atom is -0.382 e. The molecule has 2 heterocycles. The van der Waals surface area contributed by atoms with E-state index in [4.69, 9.17) is 19.7 Å². The molecule has 2 atom stereocenters. The maximum Gasteiger partial charge on any atom is 0.353 e. The van der Waals surface area contributed by atoms with Crippen LogP contribution in [0.5, 0.6) is 0 Å². The van der Waals surface area contributed by atoms with Crippen molar-refractivity contribution < 1.29 is 23.5 Å². The fourth-order valence-corrected chi connectivity index (χ4v) is 5.44. The number of nitrogens with two attached hydrogens (primary N) is 1. The fraction of sp³-hybridized carbons (Fsp3) is 0.759. The normalized spacial score (nSPS) is 15.8. The molecule has 40 heavy (non-hydrogen) atoms. The van der Waals surface area contributed by atoms with Crippen LogP contribution in [-0.2, 0) is 25.1 Å². The molecule has 0 spiro atoms. The topological polar surface area (TPSA) is 135 Å². The molecular formula is C29H48N5O5P. The lowest BCUT2D eigenvalue weighted by molar-refractivity contribution is 0.0610. The van der Waals surface area contributed by atoms with Gasteiger partial charge in [-0.25, -0.2) is 15.0 Å². The van der Waals surface area contributed by atoms with Gasteiger partial charge in [-0.2, -0.15) is 0 Å². The molecule has 0 amide bonds. The van der Waals surface area contributed by atoms with Crippen LogP contribution in [0.25, 0.3) is 11.2 Å². The third kappa shape index (κ3) is 12.7. The maximum absolute atomic E-state index is 12.3. The van der Waals surface area contributed by atoms with Crippen molar-refractivity contribution in [2.75, 3.05) is 31.9 Å². The van der Waals surface area contributed by atoms with Crippen LogP contribution in [0, 0.1) is 17.8 Å². The predicted molar refractivity (Wildman–Crippen MR) is 158 cm³/mol. The average Bonchev–Trinajstić information content (AvgIpc) is 3.31. The molecule has 10 nitrogen and oxygen atoms in total. The van der Waals surface area contributed by atoms with Crippen molar-refractivity contribution in [3.63, 3.8) is 0 Å². The molecule has 0 radical (unpaired) electrons. The standard InChI is InChI=1S/C29H48N5O5P/c1-25(21-34-23-33-27-28(30)31-22-32-29(27)34)38-24-40(35,36)39-20-19-37-18-13-11-9-7-5-3-2-4-6-8-10-12-15-26-16-14-17-26/h22-23,25-26H,2-11,13-14,16-21,24H2,1H3,(H,35,36)(H2,30,31,32)/t25-/m1/s1. The van der Waals surface area contributed by atoms with Crippen molar-refractivity contribution in [1.29, 1.82) is 0 Å². The van der Waals surface area contributed by atoms with Crippen molar-refractivity contribution in [1.82, 2.24) is 19.5 Å². The zero-order valence-corrected chi connectivity index (χ0v) is 25.0. The van der Waals surface area contributed by atoms with E-state index in [-0.39, 0.29) is 19.3 Å². The van der Waals surface area contributed by atoms with Gasteiger partial charge in [0.1, 0.15) is 18.2 Å². The number of aromatic nitrogens is 4. The lowest BCUT2D eigenvalue weighted by Gasteiger charge is -2.18. The number of nitrogens with zero attached hydrogens (tertiary/aromatic N) is 4. The van der Waals surface area contributed by atoms with Crippen LogP contribution in [0.2, 0.25) is 0 Å². The summed E-state index contributed by atoms with van der Waals surface area (Å²) in [6.07, 6.45) is 19.8. The van der Waals surface area contributed by atoms with Gasteiger partial charge in [0, 0.05) is 18.9 Å². The summed E-state index contributed by atoms with van der Waals surface area (Å²) in [7, 11) is -3.86. The second kappa shape index (κ2) is 18.4. The van der Waals surface area contributed by atoms with Gasteiger partial charge in [-0.15, -0.1) is 5.92 Å². The molecule has 3 rings (SSSR count). The van der Waals surface area contributed by atoms with Crippen LogP contribution >= 0.6 is 7.60 Å². The van der Waals surface area contributed by atoms with E-state index in [1.54, 1.807) is 17.8 Å². The molecule has 2 aromatic heterocycles. The smallest absolute Gasteiger partial charge is 0.353 e. The second-order valence-corrected chi connectivity index (χ2v) is 12.5. The molecule has 0 aliphatic heterocycles. The summed E-state index contributed by atoms with van der Waals surface area (Å²) >= 11 is 0. The zero-order valence-electron chi connectivity index (χ0n) is 24.1. The summed E-state index contributed by atoms with van der Waals surface area (Å²) < 4.78 is 30.3. The first kappa shape index (κ1) is 32.5. The monoisotopic (exact) mass is 577 g/mol. The first-order chi connectivity index (χ1) is 19.4. The molecule has 3 N–H and O–H groups in total. The highest BCUT2D eigenvalue weighted by molar-refractivity contribution is 7.52. The Morgan fingerprint density at radius 3 is 2.42 bits per heavy atom. The molecule has 0 saturated heterocycles. The molecule has 0 bridgehead atoms.